The van der Waals surface area contributed by atoms with E-state index >= 15 is 0 Å². The van der Waals surface area contributed by atoms with E-state index in [0.717, 1.165) is 68.2 Å². The van der Waals surface area contributed by atoms with E-state index in [-0.39, 0.29) is 12.2 Å². The quantitative estimate of drug-likeness (QED) is 0.180. The maximum atomic E-state index is 10.3. The molecule has 2 unspecified atom stereocenters. The van der Waals surface area contributed by atoms with Crippen LogP contribution in [0.15, 0.2) is 174 Å². The van der Waals surface area contributed by atoms with Crippen molar-refractivity contribution in [3.05, 3.63) is 202 Å². The van der Waals surface area contributed by atoms with Crippen LogP contribution < -0.4 is 10.2 Å². The molecule has 0 aromatic heterocycles. The van der Waals surface area contributed by atoms with Gasteiger partial charge in [0.15, 0.2) is 0 Å². The van der Waals surface area contributed by atoms with E-state index in [4.69, 9.17) is 4.99 Å². The van der Waals surface area contributed by atoms with Crippen LogP contribution in [0.25, 0.3) is 28.5 Å². The molecule has 4 heteroatoms. The first-order chi connectivity index (χ1) is 24.7. The molecule has 1 aliphatic carbocycles. The second-order valence-corrected chi connectivity index (χ2v) is 12.5. The smallest absolute Gasteiger partial charge is 0.146 e. The van der Waals surface area contributed by atoms with Gasteiger partial charge in [0, 0.05) is 16.9 Å². The number of aliphatic imine (C=N–C) groups is 1. The van der Waals surface area contributed by atoms with Crippen molar-refractivity contribution in [3.63, 3.8) is 0 Å². The Bertz CT molecular complexity index is 2370. The Kier molecular flexibility index (Phi) is 8.27. The molecule has 0 saturated heterocycles. The van der Waals surface area contributed by atoms with Crippen molar-refractivity contribution >= 4 is 28.7 Å². The van der Waals surface area contributed by atoms with Crippen molar-refractivity contribution in [2.75, 3.05) is 4.90 Å². The first-order valence-electron chi connectivity index (χ1n) is 17.0. The number of hydrogen-bond donors (Lipinski definition) is 1. The van der Waals surface area contributed by atoms with Crippen molar-refractivity contribution in [1.82, 2.24) is 5.32 Å². The minimum absolute atomic E-state index is 0.180. The highest BCUT2D eigenvalue weighted by molar-refractivity contribution is 6.13. The van der Waals surface area contributed by atoms with Crippen molar-refractivity contribution < 1.29 is 0 Å². The van der Waals surface area contributed by atoms with Crippen LogP contribution in [0.4, 0.5) is 5.69 Å². The van der Waals surface area contributed by atoms with Gasteiger partial charge in [0.2, 0.25) is 0 Å². The van der Waals surface area contributed by atoms with Crippen LogP contribution in [0, 0.1) is 11.3 Å². The van der Waals surface area contributed by atoms with Crippen molar-refractivity contribution in [2.45, 2.75) is 25.6 Å². The van der Waals surface area contributed by atoms with Gasteiger partial charge in [-0.3, -0.25) is 4.99 Å². The fourth-order valence-electron chi connectivity index (χ4n) is 6.98. The summed E-state index contributed by atoms with van der Waals surface area (Å²) >= 11 is 0. The first kappa shape index (κ1) is 30.7. The Labute approximate surface area is 293 Å². The van der Waals surface area contributed by atoms with Crippen LogP contribution in [0.2, 0.25) is 0 Å². The molecule has 0 spiro atoms. The summed E-state index contributed by atoms with van der Waals surface area (Å²) < 4.78 is 0. The highest BCUT2D eigenvalue weighted by Crippen LogP contribution is 2.40. The van der Waals surface area contributed by atoms with Crippen LogP contribution >= 0.6 is 0 Å². The molecule has 4 nitrogen and oxygen atoms in total. The molecule has 0 amide bonds. The Morgan fingerprint density at radius 3 is 2.32 bits per heavy atom. The summed E-state index contributed by atoms with van der Waals surface area (Å²) in [5, 5.41) is 14.0. The van der Waals surface area contributed by atoms with Gasteiger partial charge in [-0.15, -0.1) is 0 Å². The molecule has 8 rings (SSSR count). The normalized spacial score (nSPS) is 17.5. The largest absolute Gasteiger partial charge is 0.359 e. The number of nitrogens with one attached hydrogen (secondary N) is 1. The molecular formula is C46H34N4. The molecular weight excluding hydrogens is 609 g/mol. The predicted octanol–water partition coefficient (Wildman–Crippen LogP) is 10.3. The van der Waals surface area contributed by atoms with Crippen LogP contribution in [0.5, 0.6) is 0 Å². The summed E-state index contributed by atoms with van der Waals surface area (Å²) in [6, 6.07) is 46.2. The third kappa shape index (κ3) is 5.85. The molecule has 2 aliphatic heterocycles. The molecule has 238 valence electrons. The van der Waals surface area contributed by atoms with E-state index in [1.807, 2.05) is 48.5 Å². The van der Waals surface area contributed by atoms with Gasteiger partial charge in [-0.05, 0) is 82.3 Å². The number of allylic oxidation sites excluding steroid dienone is 4. The maximum absolute atomic E-state index is 10.3. The van der Waals surface area contributed by atoms with E-state index in [0.29, 0.717) is 5.56 Å². The number of rotatable bonds is 7. The van der Waals surface area contributed by atoms with Crippen molar-refractivity contribution in [3.8, 4) is 17.2 Å². The zero-order valence-corrected chi connectivity index (χ0v) is 27.7. The van der Waals surface area contributed by atoms with Crippen LogP contribution in [-0.2, 0) is 0 Å². The SMILES string of the molecule is CCC1C=Cc2ccccc2N1C1=CC=C=C=C1c1cc(C#N)cc(-c2ccccc2C2N=C(c3ccccc3)C=C(c3ccccc3)N2)c1. The predicted molar refractivity (Wildman–Crippen MR) is 205 cm³/mol. The van der Waals surface area contributed by atoms with Gasteiger partial charge >= 0.3 is 0 Å². The lowest BCUT2D eigenvalue weighted by molar-refractivity contribution is 0.665. The molecule has 2 atom stereocenters. The number of benzene rings is 5. The molecule has 5 aromatic carbocycles. The van der Waals surface area contributed by atoms with Crippen LogP contribution in [0.3, 0.4) is 0 Å². The molecule has 0 bridgehead atoms. The number of para-hydroxylation sites is 1. The summed E-state index contributed by atoms with van der Waals surface area (Å²) in [6.45, 7) is 2.21. The lowest BCUT2D eigenvalue weighted by Crippen LogP contribution is -2.35. The van der Waals surface area contributed by atoms with E-state index in [1.54, 1.807) is 0 Å². The number of nitriles is 1. The molecule has 3 aliphatic rings. The summed E-state index contributed by atoms with van der Waals surface area (Å²) in [6.07, 6.45) is 11.2. The van der Waals surface area contributed by atoms with Gasteiger partial charge < -0.3 is 10.2 Å². The monoisotopic (exact) mass is 642 g/mol. The first-order valence-corrected chi connectivity index (χ1v) is 17.0. The van der Waals surface area contributed by atoms with Gasteiger partial charge in [0.05, 0.1) is 34.7 Å². The molecule has 0 radical (unpaired) electrons. The third-order valence-electron chi connectivity index (χ3n) is 9.39. The van der Waals surface area contributed by atoms with Gasteiger partial charge in [0.25, 0.3) is 0 Å². The Morgan fingerprint density at radius 2 is 1.52 bits per heavy atom. The summed E-state index contributed by atoms with van der Waals surface area (Å²) in [5.41, 5.74) is 19.5. The molecule has 50 heavy (non-hydrogen) atoms. The molecule has 5 aromatic rings. The Balaban J connectivity index is 1.23. The summed E-state index contributed by atoms with van der Waals surface area (Å²) in [7, 11) is 0. The topological polar surface area (TPSA) is 51.4 Å². The van der Waals surface area contributed by atoms with Crippen molar-refractivity contribution in [2.24, 2.45) is 4.99 Å². The lowest BCUT2D eigenvalue weighted by atomic mass is 9.90. The van der Waals surface area contributed by atoms with Crippen LogP contribution in [0.1, 0.15) is 52.9 Å². The van der Waals surface area contributed by atoms with E-state index in [2.05, 4.69) is 144 Å². The number of anilines is 1. The van der Waals surface area contributed by atoms with Crippen LogP contribution in [-0.4, -0.2) is 11.8 Å². The highest BCUT2D eigenvalue weighted by atomic mass is 15.2. The van der Waals surface area contributed by atoms with E-state index in [9.17, 15) is 5.26 Å². The third-order valence-corrected chi connectivity index (χ3v) is 9.39. The number of hydrogen-bond acceptors (Lipinski definition) is 4. The minimum atomic E-state index is -0.357. The fraction of sp³-hybridized carbons (Fsp3) is 0.0870. The molecule has 0 saturated carbocycles. The zero-order chi connectivity index (χ0) is 33.9. The average Bonchev–Trinajstić information content (AvgIpc) is 3.20. The number of fused-ring (bicyclic) bond motifs is 1. The Hall–Kier alpha value is -6.62. The second-order valence-electron chi connectivity index (χ2n) is 12.5. The van der Waals surface area contributed by atoms with Gasteiger partial charge in [-0.25, -0.2) is 0 Å². The lowest BCUT2D eigenvalue weighted by Gasteiger charge is -2.37. The van der Waals surface area contributed by atoms with Gasteiger partial charge in [-0.1, -0.05) is 134 Å². The fourth-order valence-corrected chi connectivity index (χ4v) is 6.98. The molecule has 2 heterocycles. The van der Waals surface area contributed by atoms with Gasteiger partial charge in [-0.2, -0.15) is 5.26 Å². The van der Waals surface area contributed by atoms with E-state index in [1.165, 1.54) is 5.56 Å². The number of nitrogens with zero attached hydrogens (tertiary/aromatic N) is 3. The molecule has 1 N–H and O–H groups in total. The Morgan fingerprint density at radius 1 is 0.800 bits per heavy atom. The summed E-state index contributed by atoms with van der Waals surface area (Å²) in [4.78, 5) is 7.66. The second kappa shape index (κ2) is 13.5. The zero-order valence-electron chi connectivity index (χ0n) is 27.7. The maximum Gasteiger partial charge on any atom is 0.146 e. The highest BCUT2D eigenvalue weighted by Gasteiger charge is 2.28. The standard InChI is InChI=1S/C46H34N4/c1-2-38-26-25-35-19-9-13-23-44(35)50(38)45-24-14-12-21-40(45)37-28-32(31-47)27-36(29-37)39-20-10-11-22-41(39)46-48-42(33-15-5-3-6-16-33)30-43(49-46)34-17-7-4-8-18-34/h3-11,13-20,22-30,38,46,48H,2H2,1H3. The molecule has 0 fully saturated rings. The minimum Gasteiger partial charge on any atom is -0.359 e. The average molecular weight is 643 g/mol. The van der Waals surface area contributed by atoms with Gasteiger partial charge in [0.1, 0.15) is 6.17 Å². The summed E-state index contributed by atoms with van der Waals surface area (Å²) in [5.74, 6) is 0. The van der Waals surface area contributed by atoms with E-state index < -0.39 is 0 Å². The van der Waals surface area contributed by atoms with Crippen molar-refractivity contribution in [1.29, 1.82) is 5.26 Å².